The standard InChI is InChI=1S/C23H31N7O3/c1-16-19(14-33-22(16)32)29-11-7-23(8-12-29)5-9-28(10-6-23)13-20(31)18-3-4-21(25-17(18)2)30-15-24-26-27-30/h3-4,15,20,31H,5-14H2,1-2H3. The number of aliphatic hydroxyl groups excluding tert-OH is 1. The molecule has 5 heterocycles. The fourth-order valence-corrected chi connectivity index (χ4v) is 5.41. The molecule has 10 heteroatoms. The van der Waals surface area contributed by atoms with Crippen LogP contribution in [0.15, 0.2) is 29.7 Å². The Morgan fingerprint density at radius 2 is 1.85 bits per heavy atom. The Kier molecular flexibility index (Phi) is 5.88. The van der Waals surface area contributed by atoms with Crippen molar-refractivity contribution in [2.75, 3.05) is 39.3 Å². The molecule has 3 aliphatic rings. The van der Waals surface area contributed by atoms with Gasteiger partial charge in [0.1, 0.15) is 12.9 Å². The van der Waals surface area contributed by atoms with E-state index in [1.54, 1.807) is 0 Å². The number of aliphatic hydroxyl groups is 1. The first kappa shape index (κ1) is 22.0. The van der Waals surface area contributed by atoms with Gasteiger partial charge in [-0.05, 0) is 74.5 Å². The zero-order valence-corrected chi connectivity index (χ0v) is 19.3. The van der Waals surface area contributed by atoms with Crippen LogP contribution in [0.2, 0.25) is 0 Å². The highest BCUT2D eigenvalue weighted by Gasteiger charge is 2.39. The Balaban J connectivity index is 1.14. The van der Waals surface area contributed by atoms with E-state index in [0.717, 1.165) is 74.4 Å². The Hall–Kier alpha value is -2.85. The van der Waals surface area contributed by atoms with Crippen molar-refractivity contribution in [2.45, 2.75) is 45.6 Å². The molecule has 2 aromatic heterocycles. The number of pyridine rings is 1. The summed E-state index contributed by atoms with van der Waals surface area (Å²) in [5.74, 6) is 0.465. The van der Waals surface area contributed by atoms with E-state index in [1.165, 1.54) is 11.0 Å². The van der Waals surface area contributed by atoms with Crippen LogP contribution in [-0.2, 0) is 9.53 Å². The van der Waals surface area contributed by atoms with Crippen LogP contribution in [0.1, 0.15) is 50.0 Å². The average molecular weight is 454 g/mol. The SMILES string of the molecule is CC1=C(N2CCC3(CCN(CC(O)c4ccc(-n5cnnn5)nc4C)CC3)CC2)COC1=O. The first-order chi connectivity index (χ1) is 15.9. The lowest BCUT2D eigenvalue weighted by Crippen LogP contribution is -2.47. The number of carbonyl (C=O) groups is 1. The van der Waals surface area contributed by atoms with Crippen LogP contribution in [0, 0.1) is 12.3 Å². The van der Waals surface area contributed by atoms with E-state index in [0.29, 0.717) is 24.4 Å². The smallest absolute Gasteiger partial charge is 0.335 e. The molecule has 3 aliphatic heterocycles. The van der Waals surface area contributed by atoms with Gasteiger partial charge in [-0.25, -0.2) is 9.78 Å². The van der Waals surface area contributed by atoms with Crippen molar-refractivity contribution in [2.24, 2.45) is 5.41 Å². The molecule has 1 spiro atoms. The first-order valence-electron chi connectivity index (χ1n) is 11.7. The molecular weight excluding hydrogens is 422 g/mol. The van der Waals surface area contributed by atoms with Crippen molar-refractivity contribution in [1.29, 1.82) is 0 Å². The molecule has 0 bridgehead atoms. The number of hydrogen-bond donors (Lipinski definition) is 1. The molecule has 0 aromatic carbocycles. The molecule has 1 unspecified atom stereocenters. The number of nitrogens with zero attached hydrogens (tertiary/aromatic N) is 7. The number of aromatic nitrogens is 5. The number of tetrazole rings is 1. The molecule has 10 nitrogen and oxygen atoms in total. The van der Waals surface area contributed by atoms with Crippen molar-refractivity contribution in [3.05, 3.63) is 41.0 Å². The van der Waals surface area contributed by atoms with Gasteiger partial charge in [-0.2, -0.15) is 4.68 Å². The maximum atomic E-state index is 11.7. The van der Waals surface area contributed by atoms with Gasteiger partial charge >= 0.3 is 5.97 Å². The summed E-state index contributed by atoms with van der Waals surface area (Å²) in [5, 5.41) is 22.0. The third kappa shape index (κ3) is 4.37. The van der Waals surface area contributed by atoms with Gasteiger partial charge in [0, 0.05) is 30.9 Å². The molecule has 33 heavy (non-hydrogen) atoms. The number of esters is 1. The molecule has 2 aromatic rings. The van der Waals surface area contributed by atoms with Crippen molar-refractivity contribution in [3.8, 4) is 5.82 Å². The molecule has 2 saturated heterocycles. The van der Waals surface area contributed by atoms with E-state index in [1.807, 2.05) is 26.0 Å². The van der Waals surface area contributed by atoms with Gasteiger partial charge in [0.25, 0.3) is 0 Å². The minimum absolute atomic E-state index is 0.173. The van der Waals surface area contributed by atoms with E-state index >= 15 is 0 Å². The van der Waals surface area contributed by atoms with Crippen LogP contribution in [0.3, 0.4) is 0 Å². The topological polar surface area (TPSA) is 110 Å². The molecule has 1 atom stereocenters. The second-order valence-electron chi connectivity index (χ2n) is 9.55. The lowest BCUT2D eigenvalue weighted by Gasteiger charge is -2.47. The number of aryl methyl sites for hydroxylation is 1. The zero-order valence-electron chi connectivity index (χ0n) is 19.3. The van der Waals surface area contributed by atoms with Gasteiger partial charge in [-0.15, -0.1) is 5.10 Å². The molecule has 0 aliphatic carbocycles. The summed E-state index contributed by atoms with van der Waals surface area (Å²) in [4.78, 5) is 21.0. The Bertz CT molecular complexity index is 1030. The molecule has 0 amide bonds. The third-order valence-electron chi connectivity index (χ3n) is 7.69. The first-order valence-corrected chi connectivity index (χ1v) is 11.7. The Labute approximate surface area is 193 Å². The van der Waals surface area contributed by atoms with Gasteiger partial charge in [0.15, 0.2) is 5.82 Å². The molecule has 2 fully saturated rings. The van der Waals surface area contributed by atoms with E-state index in [9.17, 15) is 9.90 Å². The number of ether oxygens (including phenoxy) is 1. The van der Waals surface area contributed by atoms with Gasteiger partial charge in [0.05, 0.1) is 17.4 Å². The number of piperidine rings is 2. The quantitative estimate of drug-likeness (QED) is 0.672. The number of rotatable bonds is 5. The van der Waals surface area contributed by atoms with Gasteiger partial charge in [-0.3, -0.25) is 0 Å². The summed E-state index contributed by atoms with van der Waals surface area (Å²) in [5.41, 5.74) is 3.85. The number of β-amino-alcohol motifs (C(OH)–C–C–N with tert-alkyl or cyclic N) is 1. The minimum atomic E-state index is -0.578. The van der Waals surface area contributed by atoms with E-state index in [4.69, 9.17) is 4.74 Å². The maximum absolute atomic E-state index is 11.7. The van der Waals surface area contributed by atoms with Crippen LogP contribution in [0.4, 0.5) is 0 Å². The summed E-state index contributed by atoms with van der Waals surface area (Å²) in [6.07, 6.45) is 5.52. The number of carbonyl (C=O) groups excluding carboxylic acids is 1. The second-order valence-corrected chi connectivity index (χ2v) is 9.55. The predicted octanol–water partition coefficient (Wildman–Crippen LogP) is 1.41. The largest absolute Gasteiger partial charge is 0.456 e. The number of cyclic esters (lactones) is 1. The number of hydrogen-bond acceptors (Lipinski definition) is 9. The van der Waals surface area contributed by atoms with E-state index in [-0.39, 0.29) is 5.97 Å². The van der Waals surface area contributed by atoms with Crippen molar-refractivity contribution in [1.82, 2.24) is 35.0 Å². The van der Waals surface area contributed by atoms with E-state index < -0.39 is 6.10 Å². The van der Waals surface area contributed by atoms with Crippen LogP contribution >= 0.6 is 0 Å². The molecule has 0 saturated carbocycles. The highest BCUT2D eigenvalue weighted by molar-refractivity contribution is 5.90. The summed E-state index contributed by atoms with van der Waals surface area (Å²) in [6.45, 7) is 8.79. The summed E-state index contributed by atoms with van der Waals surface area (Å²) >= 11 is 0. The normalized spacial score (nSPS) is 22.2. The monoisotopic (exact) mass is 453 g/mol. The molecule has 5 rings (SSSR count). The fraction of sp³-hybridized carbons (Fsp3) is 0.609. The van der Waals surface area contributed by atoms with E-state index in [2.05, 4.69) is 30.3 Å². The van der Waals surface area contributed by atoms with Gasteiger partial charge in [-0.1, -0.05) is 6.07 Å². The summed E-state index contributed by atoms with van der Waals surface area (Å²) < 4.78 is 6.70. The van der Waals surface area contributed by atoms with Crippen LogP contribution in [0.25, 0.3) is 5.82 Å². The van der Waals surface area contributed by atoms with Crippen LogP contribution in [0.5, 0.6) is 0 Å². The average Bonchev–Trinajstić information content (AvgIpc) is 3.47. The molecular formula is C23H31N7O3. The maximum Gasteiger partial charge on any atom is 0.335 e. The Morgan fingerprint density at radius 1 is 1.12 bits per heavy atom. The van der Waals surface area contributed by atoms with Gasteiger partial charge < -0.3 is 19.6 Å². The minimum Gasteiger partial charge on any atom is -0.456 e. The third-order valence-corrected chi connectivity index (χ3v) is 7.69. The van der Waals surface area contributed by atoms with Crippen molar-refractivity contribution < 1.29 is 14.6 Å². The highest BCUT2D eigenvalue weighted by Crippen LogP contribution is 2.42. The van der Waals surface area contributed by atoms with Crippen LogP contribution in [-0.4, -0.2) is 85.4 Å². The van der Waals surface area contributed by atoms with Crippen molar-refractivity contribution >= 4 is 5.97 Å². The fourth-order valence-electron chi connectivity index (χ4n) is 5.41. The van der Waals surface area contributed by atoms with Gasteiger partial charge in [0.2, 0.25) is 0 Å². The summed E-state index contributed by atoms with van der Waals surface area (Å²) in [7, 11) is 0. The number of likely N-dealkylation sites (tertiary alicyclic amines) is 2. The van der Waals surface area contributed by atoms with Crippen LogP contribution < -0.4 is 0 Å². The molecule has 1 N–H and O–H groups in total. The molecule has 176 valence electrons. The summed E-state index contributed by atoms with van der Waals surface area (Å²) in [6, 6.07) is 3.75. The zero-order chi connectivity index (χ0) is 23.0. The molecule has 0 radical (unpaired) electrons. The Morgan fingerprint density at radius 3 is 2.45 bits per heavy atom. The predicted molar refractivity (Wildman–Crippen MR) is 119 cm³/mol. The lowest BCUT2D eigenvalue weighted by atomic mass is 9.71. The highest BCUT2D eigenvalue weighted by atomic mass is 16.5. The second kappa shape index (κ2) is 8.83. The van der Waals surface area contributed by atoms with Crippen molar-refractivity contribution in [3.63, 3.8) is 0 Å². The lowest BCUT2D eigenvalue weighted by molar-refractivity contribution is -0.136.